The van der Waals surface area contributed by atoms with Crippen LogP contribution in [-0.4, -0.2) is 31.5 Å². The summed E-state index contributed by atoms with van der Waals surface area (Å²) in [5.41, 5.74) is -5.49. The van der Waals surface area contributed by atoms with E-state index in [0.717, 1.165) is 24.3 Å². The Hall–Kier alpha value is -5.80. The molecule has 0 heterocycles. The average Bonchev–Trinajstić information content (AvgIpc) is 2.83. The number of para-hydroxylation sites is 4. The molecule has 2 N–H and O–H groups in total. The lowest BCUT2D eigenvalue weighted by Gasteiger charge is -2.10. The quantitative estimate of drug-likeness (QED) is 0.338. The van der Waals surface area contributed by atoms with E-state index in [1.165, 1.54) is 24.3 Å². The molecular formula is C20H12N6O10. The first-order valence-corrected chi connectivity index (χ1v) is 9.57. The summed E-state index contributed by atoms with van der Waals surface area (Å²) in [5, 5.41) is 49.7. The van der Waals surface area contributed by atoms with Gasteiger partial charge in [0.2, 0.25) is 0 Å². The fourth-order valence-electron chi connectivity index (χ4n) is 3.10. The van der Waals surface area contributed by atoms with Crippen molar-refractivity contribution in [1.29, 1.82) is 0 Å². The van der Waals surface area contributed by atoms with Crippen LogP contribution in [0.4, 0.5) is 34.1 Å². The van der Waals surface area contributed by atoms with E-state index in [-0.39, 0.29) is 11.4 Å². The van der Waals surface area contributed by atoms with Crippen LogP contribution in [0, 0.1) is 40.5 Å². The van der Waals surface area contributed by atoms with Gasteiger partial charge in [0, 0.05) is 12.1 Å². The summed E-state index contributed by atoms with van der Waals surface area (Å²) < 4.78 is 0. The van der Waals surface area contributed by atoms with Crippen LogP contribution in [0.5, 0.6) is 0 Å². The minimum absolute atomic E-state index is 0.328. The standard InChI is InChI=1S/C20H12N6O10/c27-19(21-13-5-1-3-7-15(13)23(29)30)11-9-12(18(26(35)36)10-17(11)25(33)34)20(28)22-14-6-2-4-8-16(14)24(31)32/h1-10H,(H,21,27)(H,22,28). The largest absolute Gasteiger partial charge is 0.316 e. The summed E-state index contributed by atoms with van der Waals surface area (Å²) in [4.78, 5) is 67.3. The number of benzene rings is 3. The van der Waals surface area contributed by atoms with Crippen molar-refractivity contribution in [2.45, 2.75) is 0 Å². The molecule has 16 heteroatoms. The summed E-state index contributed by atoms with van der Waals surface area (Å²) in [6.45, 7) is 0. The lowest BCUT2D eigenvalue weighted by molar-refractivity contribution is -0.394. The van der Waals surface area contributed by atoms with E-state index in [2.05, 4.69) is 10.6 Å². The van der Waals surface area contributed by atoms with E-state index in [0.29, 0.717) is 12.1 Å². The number of hydrogen-bond donors (Lipinski definition) is 2. The molecule has 0 aliphatic rings. The molecule has 0 saturated carbocycles. The lowest BCUT2D eigenvalue weighted by atomic mass is 10.0. The van der Waals surface area contributed by atoms with Crippen LogP contribution in [0.3, 0.4) is 0 Å². The van der Waals surface area contributed by atoms with Crippen LogP contribution < -0.4 is 10.6 Å². The molecule has 3 aromatic carbocycles. The van der Waals surface area contributed by atoms with Gasteiger partial charge in [-0.1, -0.05) is 24.3 Å². The maximum atomic E-state index is 12.8. The highest BCUT2D eigenvalue weighted by Crippen LogP contribution is 2.32. The fraction of sp³-hybridized carbons (Fsp3) is 0. The minimum Gasteiger partial charge on any atom is -0.316 e. The zero-order chi connectivity index (χ0) is 26.6. The van der Waals surface area contributed by atoms with Crippen molar-refractivity contribution in [1.82, 2.24) is 0 Å². The Bertz CT molecular complexity index is 1350. The Labute approximate surface area is 198 Å². The molecule has 0 atom stereocenters. The third-order valence-electron chi connectivity index (χ3n) is 4.69. The van der Waals surface area contributed by atoms with Gasteiger partial charge in [-0.3, -0.25) is 50.0 Å². The Morgan fingerprint density at radius 2 is 0.861 bits per heavy atom. The number of carbonyl (C=O) groups is 2. The maximum absolute atomic E-state index is 12.8. The van der Waals surface area contributed by atoms with Gasteiger partial charge in [0.25, 0.3) is 34.6 Å². The Balaban J connectivity index is 2.11. The summed E-state index contributed by atoms with van der Waals surface area (Å²) in [7, 11) is 0. The molecule has 0 saturated heterocycles. The van der Waals surface area contributed by atoms with Gasteiger partial charge in [-0.05, 0) is 18.2 Å². The zero-order valence-corrected chi connectivity index (χ0v) is 17.6. The van der Waals surface area contributed by atoms with Gasteiger partial charge >= 0.3 is 0 Å². The van der Waals surface area contributed by atoms with E-state index in [9.17, 15) is 50.0 Å². The third-order valence-corrected chi connectivity index (χ3v) is 4.69. The predicted molar refractivity (Wildman–Crippen MR) is 122 cm³/mol. The number of nitro benzene ring substituents is 4. The van der Waals surface area contributed by atoms with Gasteiger partial charge in [-0.15, -0.1) is 0 Å². The smallest absolute Gasteiger partial charge is 0.292 e. The average molecular weight is 496 g/mol. The van der Waals surface area contributed by atoms with Crippen molar-refractivity contribution in [2.75, 3.05) is 10.6 Å². The predicted octanol–water partition coefficient (Wildman–Crippen LogP) is 3.82. The molecule has 0 radical (unpaired) electrons. The van der Waals surface area contributed by atoms with Gasteiger partial charge in [0.15, 0.2) is 0 Å². The van der Waals surface area contributed by atoms with Crippen molar-refractivity contribution in [3.63, 3.8) is 0 Å². The molecule has 3 aromatic rings. The van der Waals surface area contributed by atoms with Crippen molar-refractivity contribution in [3.05, 3.63) is 112 Å². The number of nitrogens with zero attached hydrogens (tertiary/aromatic N) is 4. The van der Waals surface area contributed by atoms with Gasteiger partial charge in [0.1, 0.15) is 22.5 Å². The van der Waals surface area contributed by atoms with E-state index >= 15 is 0 Å². The summed E-state index contributed by atoms with van der Waals surface area (Å²) in [6, 6.07) is 10.7. The molecule has 36 heavy (non-hydrogen) atoms. The SMILES string of the molecule is O=C(Nc1ccccc1[N+](=O)[O-])c1cc(C(=O)Nc2ccccc2[N+](=O)[O-])c([N+](=O)[O-])cc1[N+](=O)[O-]. The molecule has 0 bridgehead atoms. The zero-order valence-electron chi connectivity index (χ0n) is 17.6. The van der Waals surface area contributed by atoms with Gasteiger partial charge in [-0.25, -0.2) is 0 Å². The van der Waals surface area contributed by atoms with Crippen LogP contribution in [0.15, 0.2) is 60.7 Å². The number of amides is 2. The Kier molecular flexibility index (Phi) is 6.90. The fourth-order valence-corrected chi connectivity index (χ4v) is 3.10. The highest BCUT2D eigenvalue weighted by Gasteiger charge is 2.32. The summed E-state index contributed by atoms with van der Waals surface area (Å²) in [6.07, 6.45) is 0. The highest BCUT2D eigenvalue weighted by atomic mass is 16.6. The first kappa shape index (κ1) is 24.8. The van der Waals surface area contributed by atoms with Gasteiger partial charge in [-0.2, -0.15) is 0 Å². The number of hydrogen-bond acceptors (Lipinski definition) is 10. The Morgan fingerprint density at radius 1 is 0.528 bits per heavy atom. The molecule has 0 spiro atoms. The topological polar surface area (TPSA) is 231 Å². The van der Waals surface area contributed by atoms with Crippen LogP contribution >= 0.6 is 0 Å². The van der Waals surface area contributed by atoms with Crippen LogP contribution in [0.25, 0.3) is 0 Å². The van der Waals surface area contributed by atoms with Crippen molar-refractivity contribution in [2.24, 2.45) is 0 Å². The minimum atomic E-state index is -1.27. The summed E-state index contributed by atoms with van der Waals surface area (Å²) >= 11 is 0. The second kappa shape index (κ2) is 10.00. The number of nitro groups is 4. The second-order valence-electron chi connectivity index (χ2n) is 6.86. The van der Waals surface area contributed by atoms with E-state index in [4.69, 9.17) is 0 Å². The molecule has 0 aliphatic carbocycles. The summed E-state index contributed by atoms with van der Waals surface area (Å²) in [5.74, 6) is -2.55. The van der Waals surface area contributed by atoms with Crippen molar-refractivity contribution >= 4 is 45.9 Å². The van der Waals surface area contributed by atoms with Crippen molar-refractivity contribution < 1.29 is 29.3 Å². The van der Waals surface area contributed by atoms with Crippen molar-refractivity contribution in [3.8, 4) is 0 Å². The number of nitrogens with one attached hydrogen (secondary N) is 2. The third kappa shape index (κ3) is 5.06. The first-order chi connectivity index (χ1) is 17.0. The van der Waals surface area contributed by atoms with Gasteiger partial charge < -0.3 is 10.6 Å². The molecule has 0 aromatic heterocycles. The normalized spacial score (nSPS) is 10.2. The molecular weight excluding hydrogens is 484 g/mol. The molecule has 3 rings (SSSR count). The molecule has 0 fully saturated rings. The number of carbonyl (C=O) groups excluding carboxylic acids is 2. The number of anilines is 2. The molecule has 182 valence electrons. The highest BCUT2D eigenvalue weighted by molar-refractivity contribution is 6.13. The monoisotopic (exact) mass is 496 g/mol. The van der Waals surface area contributed by atoms with Crippen LogP contribution in [0.2, 0.25) is 0 Å². The molecule has 0 aliphatic heterocycles. The second-order valence-corrected chi connectivity index (χ2v) is 6.86. The van der Waals surface area contributed by atoms with E-state index in [1.54, 1.807) is 0 Å². The lowest BCUT2D eigenvalue weighted by Crippen LogP contribution is -2.19. The maximum Gasteiger partial charge on any atom is 0.292 e. The molecule has 16 nitrogen and oxygen atoms in total. The molecule has 2 amide bonds. The molecule has 0 unspecified atom stereocenters. The Morgan fingerprint density at radius 3 is 1.19 bits per heavy atom. The number of rotatable bonds is 8. The van der Waals surface area contributed by atoms with Gasteiger partial charge in [0.05, 0.1) is 25.8 Å². The van der Waals surface area contributed by atoms with Crippen LogP contribution in [0.1, 0.15) is 20.7 Å². The van der Waals surface area contributed by atoms with E-state index in [1.807, 2.05) is 0 Å². The van der Waals surface area contributed by atoms with E-state index < -0.39 is 65.4 Å². The van der Waals surface area contributed by atoms with Crippen LogP contribution in [-0.2, 0) is 0 Å². The first-order valence-electron chi connectivity index (χ1n) is 9.57.